The van der Waals surface area contributed by atoms with Crippen LogP contribution in [0.4, 0.5) is 0 Å². The summed E-state index contributed by atoms with van der Waals surface area (Å²) in [5.41, 5.74) is 0. The van der Waals surface area contributed by atoms with Crippen LogP contribution in [0.5, 0.6) is 0 Å². The summed E-state index contributed by atoms with van der Waals surface area (Å²) in [5, 5.41) is -0.0478. The first-order valence-corrected chi connectivity index (χ1v) is 4.10. The van der Waals surface area contributed by atoms with Gasteiger partial charge in [0.05, 0.1) is 37.2 Å². The van der Waals surface area contributed by atoms with Crippen molar-refractivity contribution in [3.8, 4) is 0 Å². The fraction of sp³-hybridized carbons (Fsp3) is 1.00. The Bertz CT molecular complexity index is 79.7. The summed E-state index contributed by atoms with van der Waals surface area (Å²) in [7, 11) is 0. The molecule has 10 heavy (non-hydrogen) atoms. The standard InChI is InChI=1S/C6H10Cl2O2/c7-5-1-9-3-6(8)4-10-2-5/h5-6H,1-4H2/t5-,6-. The van der Waals surface area contributed by atoms with E-state index >= 15 is 0 Å². The van der Waals surface area contributed by atoms with Crippen LogP contribution in [0.2, 0.25) is 0 Å². The minimum Gasteiger partial charge on any atom is -0.378 e. The lowest BCUT2D eigenvalue weighted by Gasteiger charge is -2.18. The SMILES string of the molecule is Cl[C@H]1COC[C@H](Cl)COC1. The van der Waals surface area contributed by atoms with Gasteiger partial charge in [0.2, 0.25) is 0 Å². The molecular weight excluding hydrogens is 175 g/mol. The number of alkyl halides is 2. The molecule has 0 bridgehead atoms. The molecule has 0 aromatic rings. The van der Waals surface area contributed by atoms with Crippen molar-refractivity contribution in [1.82, 2.24) is 0 Å². The summed E-state index contributed by atoms with van der Waals surface area (Å²) in [6.45, 7) is 2.13. The van der Waals surface area contributed by atoms with E-state index in [1.807, 2.05) is 0 Å². The Kier molecular flexibility index (Phi) is 3.78. The minimum absolute atomic E-state index is 0.0239. The van der Waals surface area contributed by atoms with E-state index in [9.17, 15) is 0 Å². The summed E-state index contributed by atoms with van der Waals surface area (Å²) >= 11 is 11.5. The first kappa shape index (κ1) is 8.60. The average molecular weight is 185 g/mol. The van der Waals surface area contributed by atoms with Crippen molar-refractivity contribution in [2.45, 2.75) is 10.8 Å². The van der Waals surface area contributed by atoms with Crippen LogP contribution in [0.1, 0.15) is 0 Å². The van der Waals surface area contributed by atoms with Crippen LogP contribution in [0.3, 0.4) is 0 Å². The van der Waals surface area contributed by atoms with Gasteiger partial charge >= 0.3 is 0 Å². The zero-order valence-electron chi connectivity index (χ0n) is 5.56. The van der Waals surface area contributed by atoms with E-state index in [1.165, 1.54) is 0 Å². The molecular formula is C6H10Cl2O2. The highest BCUT2D eigenvalue weighted by molar-refractivity contribution is 6.21. The second-order valence-corrected chi connectivity index (χ2v) is 3.50. The zero-order valence-corrected chi connectivity index (χ0v) is 7.07. The van der Waals surface area contributed by atoms with Crippen LogP contribution in [0.25, 0.3) is 0 Å². The lowest BCUT2D eigenvalue weighted by molar-refractivity contribution is 0.0425. The highest BCUT2D eigenvalue weighted by Crippen LogP contribution is 2.06. The van der Waals surface area contributed by atoms with Crippen LogP contribution < -0.4 is 0 Å². The van der Waals surface area contributed by atoms with Gasteiger partial charge in [-0.1, -0.05) is 0 Å². The third-order valence-corrected chi connectivity index (χ3v) is 1.70. The van der Waals surface area contributed by atoms with Crippen molar-refractivity contribution in [2.75, 3.05) is 26.4 Å². The van der Waals surface area contributed by atoms with Crippen LogP contribution in [-0.2, 0) is 9.47 Å². The molecule has 0 aromatic heterocycles. The number of ether oxygens (including phenoxy) is 2. The number of rotatable bonds is 0. The Balaban J connectivity index is 2.21. The highest BCUT2D eigenvalue weighted by Gasteiger charge is 2.13. The van der Waals surface area contributed by atoms with Gasteiger partial charge in [-0.3, -0.25) is 0 Å². The summed E-state index contributed by atoms with van der Waals surface area (Å²) in [4.78, 5) is 0. The molecule has 1 rings (SSSR count). The Labute approximate surface area is 70.4 Å². The molecule has 0 N–H and O–H groups in total. The molecule has 1 heterocycles. The Morgan fingerprint density at radius 1 is 0.800 bits per heavy atom. The van der Waals surface area contributed by atoms with Crippen molar-refractivity contribution in [3.05, 3.63) is 0 Å². The third kappa shape index (κ3) is 3.06. The third-order valence-electron chi connectivity index (χ3n) is 1.19. The van der Waals surface area contributed by atoms with E-state index in [0.717, 1.165) is 0 Å². The molecule has 0 radical (unpaired) electrons. The van der Waals surface area contributed by atoms with Gasteiger partial charge in [-0.25, -0.2) is 0 Å². The van der Waals surface area contributed by atoms with Gasteiger partial charge in [-0.05, 0) is 0 Å². The molecule has 0 atom stereocenters. The molecule has 0 unspecified atom stereocenters. The van der Waals surface area contributed by atoms with Crippen molar-refractivity contribution >= 4 is 23.2 Å². The maximum Gasteiger partial charge on any atom is 0.0803 e. The Hall–Kier alpha value is 0.500. The van der Waals surface area contributed by atoms with Crippen molar-refractivity contribution in [1.29, 1.82) is 0 Å². The largest absolute Gasteiger partial charge is 0.378 e. The van der Waals surface area contributed by atoms with Crippen molar-refractivity contribution < 1.29 is 9.47 Å². The van der Waals surface area contributed by atoms with E-state index in [2.05, 4.69) is 0 Å². The lowest BCUT2D eigenvalue weighted by atomic mass is 10.4. The molecule has 1 fully saturated rings. The Morgan fingerprint density at radius 3 is 1.40 bits per heavy atom. The van der Waals surface area contributed by atoms with Gasteiger partial charge in [0.15, 0.2) is 0 Å². The fourth-order valence-corrected chi connectivity index (χ4v) is 1.10. The van der Waals surface area contributed by atoms with Crippen LogP contribution in [0.15, 0.2) is 0 Å². The summed E-state index contributed by atoms with van der Waals surface area (Å²) in [6.07, 6.45) is 0. The molecule has 0 aliphatic carbocycles. The van der Waals surface area contributed by atoms with Crippen LogP contribution in [-0.4, -0.2) is 37.2 Å². The number of halogens is 2. The molecule has 0 saturated carbocycles. The van der Waals surface area contributed by atoms with Crippen molar-refractivity contribution in [2.24, 2.45) is 0 Å². The first-order valence-electron chi connectivity index (χ1n) is 3.22. The van der Waals surface area contributed by atoms with E-state index in [4.69, 9.17) is 32.7 Å². The smallest absolute Gasteiger partial charge is 0.0803 e. The molecule has 0 aromatic carbocycles. The van der Waals surface area contributed by atoms with Crippen LogP contribution in [0, 0.1) is 0 Å². The lowest BCUT2D eigenvalue weighted by Crippen LogP contribution is -2.27. The summed E-state index contributed by atoms with van der Waals surface area (Å²) in [5.74, 6) is 0. The van der Waals surface area contributed by atoms with E-state index < -0.39 is 0 Å². The highest BCUT2D eigenvalue weighted by atomic mass is 35.5. The fourth-order valence-electron chi connectivity index (χ4n) is 0.744. The van der Waals surface area contributed by atoms with E-state index in [1.54, 1.807) is 0 Å². The van der Waals surface area contributed by atoms with Gasteiger partial charge in [0.1, 0.15) is 0 Å². The molecule has 1 aliphatic heterocycles. The minimum atomic E-state index is -0.0239. The number of hydrogen-bond donors (Lipinski definition) is 0. The second-order valence-electron chi connectivity index (χ2n) is 2.27. The maximum absolute atomic E-state index is 5.75. The monoisotopic (exact) mass is 184 g/mol. The predicted molar refractivity (Wildman–Crippen MR) is 40.9 cm³/mol. The quantitative estimate of drug-likeness (QED) is 0.528. The van der Waals surface area contributed by atoms with Crippen molar-refractivity contribution in [3.63, 3.8) is 0 Å². The first-order chi connectivity index (χ1) is 4.79. The average Bonchev–Trinajstić information content (AvgIpc) is 1.84. The van der Waals surface area contributed by atoms with E-state index in [0.29, 0.717) is 26.4 Å². The van der Waals surface area contributed by atoms with Gasteiger partial charge < -0.3 is 9.47 Å². The molecule has 60 valence electrons. The van der Waals surface area contributed by atoms with E-state index in [-0.39, 0.29) is 10.8 Å². The summed E-state index contributed by atoms with van der Waals surface area (Å²) < 4.78 is 10.3. The molecule has 2 nitrogen and oxygen atoms in total. The maximum atomic E-state index is 5.75. The van der Waals surface area contributed by atoms with Gasteiger partial charge in [-0.15, -0.1) is 23.2 Å². The van der Waals surface area contributed by atoms with Gasteiger partial charge in [0.25, 0.3) is 0 Å². The molecule has 1 aliphatic rings. The van der Waals surface area contributed by atoms with Crippen LogP contribution >= 0.6 is 23.2 Å². The van der Waals surface area contributed by atoms with Gasteiger partial charge in [-0.2, -0.15) is 0 Å². The predicted octanol–water partition coefficient (Wildman–Crippen LogP) is 1.25. The molecule has 1 saturated heterocycles. The second kappa shape index (κ2) is 4.39. The molecule has 0 spiro atoms. The number of hydrogen-bond acceptors (Lipinski definition) is 2. The van der Waals surface area contributed by atoms with Gasteiger partial charge in [0, 0.05) is 0 Å². The topological polar surface area (TPSA) is 18.5 Å². The zero-order chi connectivity index (χ0) is 7.40. The molecule has 0 amide bonds. The summed E-state index contributed by atoms with van der Waals surface area (Å²) in [6, 6.07) is 0. The normalized spacial score (nSPS) is 36.6. The Morgan fingerprint density at radius 2 is 1.10 bits per heavy atom. The molecule has 4 heteroatoms.